The summed E-state index contributed by atoms with van der Waals surface area (Å²) in [4.78, 5) is 47.0. The summed E-state index contributed by atoms with van der Waals surface area (Å²) in [7, 11) is 0. The van der Waals surface area contributed by atoms with Crippen molar-refractivity contribution >= 4 is 18.3 Å². The van der Waals surface area contributed by atoms with Crippen LogP contribution in [0.2, 0.25) is 0 Å². The van der Waals surface area contributed by atoms with E-state index in [0.29, 0.717) is 26.2 Å². The highest BCUT2D eigenvalue weighted by Crippen LogP contribution is 2.15. The minimum absolute atomic E-state index is 0.250. The fraction of sp³-hybridized carbons (Fsp3) is 0.906. The molecule has 0 aliphatic carbocycles. The molecule has 3 amide bonds. The highest BCUT2D eigenvalue weighted by atomic mass is 16.6. The molecule has 0 spiro atoms. The fourth-order valence-corrected chi connectivity index (χ4v) is 4.98. The van der Waals surface area contributed by atoms with Crippen molar-refractivity contribution in [3.05, 3.63) is 0 Å². The van der Waals surface area contributed by atoms with Gasteiger partial charge in [-0.3, -0.25) is 4.90 Å². The van der Waals surface area contributed by atoms with Crippen LogP contribution in [-0.2, 0) is 14.2 Å². The van der Waals surface area contributed by atoms with Crippen LogP contribution >= 0.6 is 0 Å². The van der Waals surface area contributed by atoms with Gasteiger partial charge in [0.15, 0.2) is 0 Å². The van der Waals surface area contributed by atoms with Crippen LogP contribution in [0.25, 0.3) is 0 Å². The first kappa shape index (κ1) is 38.8. The van der Waals surface area contributed by atoms with Crippen molar-refractivity contribution in [1.29, 1.82) is 0 Å². The summed E-state index contributed by atoms with van der Waals surface area (Å²) in [5.41, 5.74) is -1.96. The van der Waals surface area contributed by atoms with E-state index in [1.54, 1.807) is 14.7 Å². The predicted octanol–water partition coefficient (Wildman–Crippen LogP) is 5.28. The van der Waals surface area contributed by atoms with E-state index in [1.165, 1.54) is 0 Å². The van der Waals surface area contributed by atoms with Crippen LogP contribution in [0.15, 0.2) is 0 Å². The first-order valence-corrected chi connectivity index (χ1v) is 16.2. The van der Waals surface area contributed by atoms with Crippen molar-refractivity contribution in [3.8, 4) is 0 Å². The van der Waals surface area contributed by atoms with Crippen LogP contribution in [0.5, 0.6) is 0 Å². The van der Waals surface area contributed by atoms with Gasteiger partial charge >= 0.3 is 18.3 Å². The maximum atomic E-state index is 13.3. The molecule has 43 heavy (non-hydrogen) atoms. The zero-order valence-electron chi connectivity index (χ0n) is 29.6. The first-order chi connectivity index (χ1) is 19.7. The van der Waals surface area contributed by atoms with Crippen LogP contribution in [0, 0.1) is 0 Å². The number of ether oxygens (including phenoxy) is 3. The molecule has 1 rings (SSSR count). The summed E-state index contributed by atoms with van der Waals surface area (Å²) in [6.07, 6.45) is -0.268. The lowest BCUT2D eigenvalue weighted by Gasteiger charge is -2.37. The van der Waals surface area contributed by atoms with Gasteiger partial charge in [-0.2, -0.15) is 0 Å². The summed E-state index contributed by atoms with van der Waals surface area (Å²) in [5.74, 6) is 0. The standard InChI is InChI=1S/C32H64N5O6/c1-13-37(14-2,15-3)26-16-17-33-18-20-34(27(38)41-30(4,5)6)22-24-36(29(40)43-32(10,11)12)25-23-35(21-19-33)28(39)42-31(7,8)9/h13-26H2,1-12H3/q+1. The normalized spacial score (nSPS) is 17.2. The molecular formula is C32H64N5O6+. The number of hydrogen-bond acceptors (Lipinski definition) is 7. The van der Waals surface area contributed by atoms with Gasteiger partial charge in [0.25, 0.3) is 0 Å². The van der Waals surface area contributed by atoms with Crippen molar-refractivity contribution in [2.45, 2.75) is 106 Å². The Bertz CT molecular complexity index is 821. The Hall–Kier alpha value is -2.27. The average Bonchev–Trinajstić information content (AvgIpc) is 2.85. The fourth-order valence-electron chi connectivity index (χ4n) is 4.98. The van der Waals surface area contributed by atoms with E-state index in [2.05, 4.69) is 25.7 Å². The SMILES string of the molecule is CC[N+](CC)(CC)CCCN1CCN(C(=O)OC(C)(C)C)CCN(C(=O)OC(C)(C)C)CCN(C(=O)OC(C)(C)C)CC1. The summed E-state index contributed by atoms with van der Waals surface area (Å²) < 4.78 is 18.2. The lowest BCUT2D eigenvalue weighted by atomic mass is 10.2. The molecule has 0 aromatic rings. The summed E-state index contributed by atoms with van der Waals surface area (Å²) >= 11 is 0. The second kappa shape index (κ2) is 16.7. The molecular weight excluding hydrogens is 550 g/mol. The third-order valence-corrected chi connectivity index (χ3v) is 7.73. The van der Waals surface area contributed by atoms with Crippen molar-refractivity contribution < 1.29 is 33.1 Å². The number of carbonyl (C=O) groups excluding carboxylic acids is 3. The average molecular weight is 615 g/mol. The van der Waals surface area contributed by atoms with E-state index in [-0.39, 0.29) is 26.2 Å². The zero-order chi connectivity index (χ0) is 33.1. The van der Waals surface area contributed by atoms with Gasteiger partial charge in [0.1, 0.15) is 16.8 Å². The van der Waals surface area contributed by atoms with Gasteiger partial charge in [-0.1, -0.05) is 0 Å². The molecule has 252 valence electrons. The minimum atomic E-state index is -0.680. The van der Waals surface area contributed by atoms with E-state index < -0.39 is 35.1 Å². The van der Waals surface area contributed by atoms with E-state index >= 15 is 0 Å². The summed E-state index contributed by atoms with van der Waals surface area (Å²) in [6.45, 7) is 31.8. The summed E-state index contributed by atoms with van der Waals surface area (Å²) in [6, 6.07) is 0. The Kier molecular flexibility index (Phi) is 15.1. The Balaban J connectivity index is 3.28. The molecule has 0 aromatic heterocycles. The molecule has 0 unspecified atom stereocenters. The number of carbonyl (C=O) groups is 3. The third kappa shape index (κ3) is 15.3. The van der Waals surface area contributed by atoms with E-state index in [0.717, 1.165) is 43.6 Å². The molecule has 1 aliphatic rings. The van der Waals surface area contributed by atoms with Gasteiger partial charge < -0.3 is 33.4 Å². The van der Waals surface area contributed by atoms with Gasteiger partial charge in [0, 0.05) is 65.3 Å². The highest BCUT2D eigenvalue weighted by molar-refractivity contribution is 5.70. The van der Waals surface area contributed by atoms with Crippen LogP contribution in [0.1, 0.15) is 89.5 Å². The van der Waals surface area contributed by atoms with E-state index in [4.69, 9.17) is 14.2 Å². The Labute approximate surface area is 262 Å². The molecule has 1 aliphatic heterocycles. The molecule has 0 aromatic carbocycles. The Morgan fingerprint density at radius 1 is 0.535 bits per heavy atom. The molecule has 11 heteroatoms. The molecule has 1 fully saturated rings. The van der Waals surface area contributed by atoms with Crippen LogP contribution in [0.4, 0.5) is 14.4 Å². The van der Waals surface area contributed by atoms with Gasteiger partial charge in [-0.15, -0.1) is 0 Å². The maximum Gasteiger partial charge on any atom is 0.410 e. The molecule has 0 atom stereocenters. The molecule has 1 saturated heterocycles. The van der Waals surface area contributed by atoms with Crippen molar-refractivity contribution in [1.82, 2.24) is 19.6 Å². The number of quaternary nitrogens is 1. The molecule has 0 radical (unpaired) electrons. The second-order valence-corrected chi connectivity index (χ2v) is 14.6. The lowest BCUT2D eigenvalue weighted by molar-refractivity contribution is -0.923. The Morgan fingerprint density at radius 3 is 1.07 bits per heavy atom. The lowest BCUT2D eigenvalue weighted by Crippen LogP contribution is -2.52. The Morgan fingerprint density at radius 2 is 0.814 bits per heavy atom. The molecule has 0 N–H and O–H groups in total. The predicted molar refractivity (Wildman–Crippen MR) is 171 cm³/mol. The quantitative estimate of drug-likeness (QED) is 0.285. The van der Waals surface area contributed by atoms with E-state index in [1.807, 2.05) is 62.3 Å². The number of nitrogens with zero attached hydrogens (tertiary/aromatic N) is 5. The smallest absolute Gasteiger partial charge is 0.410 e. The highest BCUT2D eigenvalue weighted by Gasteiger charge is 2.30. The molecule has 11 nitrogen and oxygen atoms in total. The van der Waals surface area contributed by atoms with Gasteiger partial charge in [0.2, 0.25) is 0 Å². The van der Waals surface area contributed by atoms with Crippen LogP contribution < -0.4 is 0 Å². The van der Waals surface area contributed by atoms with Crippen molar-refractivity contribution in [2.24, 2.45) is 0 Å². The second-order valence-electron chi connectivity index (χ2n) is 14.6. The van der Waals surface area contributed by atoms with Gasteiger partial charge in [-0.05, 0) is 83.1 Å². The largest absolute Gasteiger partial charge is 0.444 e. The van der Waals surface area contributed by atoms with Crippen LogP contribution in [0.3, 0.4) is 0 Å². The number of amides is 3. The van der Waals surface area contributed by atoms with Gasteiger partial charge in [-0.25, -0.2) is 14.4 Å². The molecule has 1 heterocycles. The first-order valence-electron chi connectivity index (χ1n) is 16.2. The molecule has 0 saturated carbocycles. The maximum absolute atomic E-state index is 13.3. The number of hydrogen-bond donors (Lipinski definition) is 0. The minimum Gasteiger partial charge on any atom is -0.444 e. The van der Waals surface area contributed by atoms with Crippen LogP contribution in [-0.4, -0.2) is 144 Å². The molecule has 0 bridgehead atoms. The summed E-state index contributed by atoms with van der Waals surface area (Å²) in [5, 5.41) is 0. The van der Waals surface area contributed by atoms with E-state index in [9.17, 15) is 14.4 Å². The number of rotatable bonds is 7. The van der Waals surface area contributed by atoms with Gasteiger partial charge in [0.05, 0.1) is 26.2 Å². The van der Waals surface area contributed by atoms with Crippen molar-refractivity contribution in [2.75, 3.05) is 85.1 Å². The zero-order valence-corrected chi connectivity index (χ0v) is 29.6. The third-order valence-electron chi connectivity index (χ3n) is 7.73. The topological polar surface area (TPSA) is 91.9 Å². The monoisotopic (exact) mass is 614 g/mol. The van der Waals surface area contributed by atoms with Crippen molar-refractivity contribution in [3.63, 3.8) is 0 Å².